The molecule has 1 aromatic carbocycles. The van der Waals surface area contributed by atoms with Crippen molar-refractivity contribution in [2.75, 3.05) is 7.05 Å². The Balaban J connectivity index is 2.52. The molecule has 0 amide bonds. The van der Waals surface area contributed by atoms with Crippen LogP contribution < -0.4 is 5.32 Å². The first-order valence-corrected chi connectivity index (χ1v) is 7.23. The molecule has 1 aliphatic rings. The van der Waals surface area contributed by atoms with Crippen molar-refractivity contribution in [3.8, 4) is 0 Å². The topological polar surface area (TPSA) is 12.0 Å². The lowest BCUT2D eigenvalue weighted by atomic mass is 9.97. The van der Waals surface area contributed by atoms with Crippen molar-refractivity contribution in [3.63, 3.8) is 0 Å². The highest BCUT2D eigenvalue weighted by atomic mass is 79.9. The van der Waals surface area contributed by atoms with E-state index in [1.54, 1.807) is 12.1 Å². The molecule has 0 bridgehead atoms. The zero-order valence-electron chi connectivity index (χ0n) is 9.39. The van der Waals surface area contributed by atoms with E-state index in [1.807, 2.05) is 18.8 Å². The van der Waals surface area contributed by atoms with Crippen LogP contribution in [-0.4, -0.2) is 12.3 Å². The lowest BCUT2D eigenvalue weighted by molar-refractivity contribution is 0.508. The fourth-order valence-electron chi connectivity index (χ4n) is 2.14. The second-order valence-electron chi connectivity index (χ2n) is 4.12. The predicted octanol–water partition coefficient (Wildman–Crippen LogP) is 3.87. The highest BCUT2D eigenvalue weighted by Crippen LogP contribution is 2.39. The molecule has 0 saturated carbocycles. The van der Waals surface area contributed by atoms with Crippen LogP contribution in [0.5, 0.6) is 0 Å². The Morgan fingerprint density at radius 2 is 2.25 bits per heavy atom. The van der Waals surface area contributed by atoms with Gasteiger partial charge in [0.25, 0.3) is 0 Å². The van der Waals surface area contributed by atoms with Crippen LogP contribution >= 0.6 is 27.7 Å². The highest BCUT2D eigenvalue weighted by Gasteiger charge is 2.25. The summed E-state index contributed by atoms with van der Waals surface area (Å²) in [7, 11) is 1.90. The summed E-state index contributed by atoms with van der Waals surface area (Å²) in [5.41, 5.74) is 1.95. The monoisotopic (exact) mass is 303 g/mol. The minimum atomic E-state index is -0.0905. The van der Waals surface area contributed by atoms with E-state index in [9.17, 15) is 4.39 Å². The molecule has 0 spiro atoms. The van der Waals surface area contributed by atoms with Gasteiger partial charge < -0.3 is 5.32 Å². The normalized spacial score (nSPS) is 25.0. The van der Waals surface area contributed by atoms with Gasteiger partial charge >= 0.3 is 0 Å². The summed E-state index contributed by atoms with van der Waals surface area (Å²) >= 11 is 5.41. The maximum absolute atomic E-state index is 13.9. The van der Waals surface area contributed by atoms with Crippen molar-refractivity contribution < 1.29 is 4.39 Å². The van der Waals surface area contributed by atoms with Crippen LogP contribution in [0.1, 0.15) is 30.5 Å². The molecule has 1 aliphatic heterocycles. The summed E-state index contributed by atoms with van der Waals surface area (Å²) in [6, 6.07) is 3.48. The molecule has 0 radical (unpaired) electrons. The number of nitrogens with one attached hydrogen (secondary N) is 1. The minimum absolute atomic E-state index is 0.0905. The van der Waals surface area contributed by atoms with Crippen LogP contribution in [-0.2, 0) is 5.75 Å². The molecule has 0 aliphatic carbocycles. The summed E-state index contributed by atoms with van der Waals surface area (Å²) in [5, 5.41) is 3.78. The average molecular weight is 304 g/mol. The van der Waals surface area contributed by atoms with Gasteiger partial charge in [0.05, 0.1) is 0 Å². The van der Waals surface area contributed by atoms with Crippen molar-refractivity contribution >= 4 is 27.7 Å². The van der Waals surface area contributed by atoms with Gasteiger partial charge in [0, 0.05) is 27.1 Å². The second-order valence-corrected chi connectivity index (χ2v) is 6.40. The quantitative estimate of drug-likeness (QED) is 0.845. The number of fused-ring (bicyclic) bond motifs is 1. The minimum Gasteiger partial charge on any atom is -0.313 e. The Morgan fingerprint density at radius 3 is 2.94 bits per heavy atom. The third kappa shape index (κ3) is 2.29. The largest absolute Gasteiger partial charge is 0.313 e. The lowest BCUT2D eigenvalue weighted by Crippen LogP contribution is -2.20. The smallest absolute Gasteiger partial charge is 0.128 e. The molecule has 16 heavy (non-hydrogen) atoms. The zero-order chi connectivity index (χ0) is 11.7. The van der Waals surface area contributed by atoms with Crippen LogP contribution in [0.3, 0.4) is 0 Å². The van der Waals surface area contributed by atoms with Gasteiger partial charge in [0.2, 0.25) is 0 Å². The van der Waals surface area contributed by atoms with Gasteiger partial charge in [-0.1, -0.05) is 22.9 Å². The summed E-state index contributed by atoms with van der Waals surface area (Å²) in [4.78, 5) is 0. The summed E-state index contributed by atoms with van der Waals surface area (Å²) in [5.74, 6) is 0.791. The third-order valence-electron chi connectivity index (χ3n) is 3.02. The maximum atomic E-state index is 13.9. The first-order valence-electron chi connectivity index (χ1n) is 5.39. The van der Waals surface area contributed by atoms with Gasteiger partial charge in [-0.2, -0.15) is 11.8 Å². The fraction of sp³-hybridized carbons (Fsp3) is 0.500. The number of benzene rings is 1. The summed E-state index contributed by atoms with van der Waals surface area (Å²) in [6.07, 6.45) is 0.974. The van der Waals surface area contributed by atoms with E-state index in [-0.39, 0.29) is 11.9 Å². The first kappa shape index (κ1) is 12.4. The van der Waals surface area contributed by atoms with Crippen molar-refractivity contribution in [1.29, 1.82) is 0 Å². The Morgan fingerprint density at radius 1 is 1.50 bits per heavy atom. The van der Waals surface area contributed by atoms with Gasteiger partial charge in [0.1, 0.15) is 5.82 Å². The molecule has 1 aromatic rings. The molecule has 1 N–H and O–H groups in total. The molecule has 4 heteroatoms. The van der Waals surface area contributed by atoms with Crippen LogP contribution in [0, 0.1) is 5.82 Å². The Bertz CT molecular complexity index is 397. The van der Waals surface area contributed by atoms with Gasteiger partial charge in [-0.05, 0) is 31.2 Å². The van der Waals surface area contributed by atoms with E-state index in [0.717, 1.165) is 27.8 Å². The van der Waals surface area contributed by atoms with Crippen molar-refractivity contribution in [2.24, 2.45) is 0 Å². The van der Waals surface area contributed by atoms with Crippen molar-refractivity contribution in [2.45, 2.75) is 30.4 Å². The van der Waals surface area contributed by atoms with Crippen LogP contribution in [0.25, 0.3) is 0 Å². The van der Waals surface area contributed by atoms with E-state index in [0.29, 0.717) is 5.25 Å². The van der Waals surface area contributed by atoms with Crippen molar-refractivity contribution in [1.82, 2.24) is 5.32 Å². The number of hydrogen-bond donors (Lipinski definition) is 1. The first-order chi connectivity index (χ1) is 7.63. The fourth-order valence-corrected chi connectivity index (χ4v) is 3.90. The SMILES string of the molecule is CNC1CC(C)SCc2c(Br)ccc(F)c21. The van der Waals surface area contributed by atoms with E-state index in [1.165, 1.54) is 0 Å². The van der Waals surface area contributed by atoms with Gasteiger partial charge in [0.15, 0.2) is 0 Å². The van der Waals surface area contributed by atoms with Crippen molar-refractivity contribution in [3.05, 3.63) is 33.5 Å². The average Bonchev–Trinajstić information content (AvgIpc) is 2.44. The molecule has 88 valence electrons. The molecule has 0 aromatic heterocycles. The number of halogens is 2. The van der Waals surface area contributed by atoms with E-state index in [2.05, 4.69) is 28.2 Å². The molecular formula is C12H15BrFNS. The second kappa shape index (κ2) is 5.07. The number of thioether (sulfide) groups is 1. The maximum Gasteiger partial charge on any atom is 0.128 e. The van der Waals surface area contributed by atoms with Crippen LogP contribution in [0.2, 0.25) is 0 Å². The lowest BCUT2D eigenvalue weighted by Gasteiger charge is -2.19. The number of hydrogen-bond acceptors (Lipinski definition) is 2. The standard InChI is InChI=1S/C12H15BrFNS/c1-7-5-11(15-2)12-8(6-16-7)9(13)3-4-10(12)14/h3-4,7,11,15H,5-6H2,1-2H3. The van der Waals surface area contributed by atoms with Crippen LogP contribution in [0.15, 0.2) is 16.6 Å². The third-order valence-corrected chi connectivity index (χ3v) is 4.98. The molecule has 2 unspecified atom stereocenters. The molecule has 1 nitrogen and oxygen atoms in total. The van der Waals surface area contributed by atoms with E-state index >= 15 is 0 Å². The van der Waals surface area contributed by atoms with E-state index in [4.69, 9.17) is 0 Å². The zero-order valence-corrected chi connectivity index (χ0v) is 11.8. The molecule has 2 atom stereocenters. The summed E-state index contributed by atoms with van der Waals surface area (Å²) < 4.78 is 14.9. The predicted molar refractivity (Wildman–Crippen MR) is 71.3 cm³/mol. The van der Waals surface area contributed by atoms with E-state index < -0.39 is 0 Å². The summed E-state index contributed by atoms with van der Waals surface area (Å²) in [6.45, 7) is 2.20. The molecule has 1 heterocycles. The number of rotatable bonds is 1. The Kier molecular flexibility index (Phi) is 3.93. The Hall–Kier alpha value is -0.0600. The van der Waals surface area contributed by atoms with Gasteiger partial charge in [-0.3, -0.25) is 0 Å². The van der Waals surface area contributed by atoms with Gasteiger partial charge in [-0.15, -0.1) is 0 Å². The highest BCUT2D eigenvalue weighted by molar-refractivity contribution is 9.10. The van der Waals surface area contributed by atoms with Crippen LogP contribution in [0.4, 0.5) is 4.39 Å². The van der Waals surface area contributed by atoms with Gasteiger partial charge in [-0.25, -0.2) is 4.39 Å². The Labute approximate surface area is 108 Å². The molecule has 0 saturated heterocycles. The molecule has 2 rings (SSSR count). The molecule has 0 fully saturated rings. The molecular weight excluding hydrogens is 289 g/mol.